The second-order valence-corrected chi connectivity index (χ2v) is 8.77. The molecule has 0 aliphatic heterocycles. The molecule has 27 heavy (non-hydrogen) atoms. The lowest BCUT2D eigenvalue weighted by atomic mass is 9.95. The monoisotopic (exact) mass is 368 g/mol. The Morgan fingerprint density at radius 1 is 0.593 bits per heavy atom. The first-order valence-electron chi connectivity index (χ1n) is 10.1. The van der Waals surface area contributed by atoms with Crippen molar-refractivity contribution in [2.45, 2.75) is 39.5 Å². The summed E-state index contributed by atoms with van der Waals surface area (Å²) < 4.78 is 1.41. The van der Waals surface area contributed by atoms with E-state index in [-0.39, 0.29) is 0 Å². The summed E-state index contributed by atoms with van der Waals surface area (Å²) in [5.74, 6) is 0. The predicted octanol–water partition coefficient (Wildman–Crippen LogP) is 8.27. The summed E-state index contributed by atoms with van der Waals surface area (Å²) in [6, 6.07) is 23.4. The molecular formula is C26H24S. The molecule has 1 aromatic heterocycles. The van der Waals surface area contributed by atoms with Crippen molar-refractivity contribution in [1.82, 2.24) is 0 Å². The quantitative estimate of drug-likeness (QED) is 0.221. The zero-order valence-corrected chi connectivity index (χ0v) is 16.8. The van der Waals surface area contributed by atoms with Crippen molar-refractivity contribution in [3.05, 3.63) is 71.1 Å². The average Bonchev–Trinajstić information content (AvgIpc) is 3.09. The molecule has 0 spiro atoms. The molecule has 1 heteroatoms. The highest BCUT2D eigenvalue weighted by molar-refractivity contribution is 7.19. The lowest BCUT2D eigenvalue weighted by Gasteiger charge is -2.09. The molecule has 0 aliphatic rings. The Bertz CT molecular complexity index is 1290. The van der Waals surface area contributed by atoms with Gasteiger partial charge in [-0.05, 0) is 75.0 Å². The smallest absolute Gasteiger partial charge is 0.0352 e. The summed E-state index contributed by atoms with van der Waals surface area (Å²) in [6.45, 7) is 4.50. The molecule has 134 valence electrons. The van der Waals surface area contributed by atoms with E-state index in [4.69, 9.17) is 0 Å². The molecule has 0 nitrogen and oxygen atoms in total. The van der Waals surface area contributed by atoms with E-state index in [1.54, 1.807) is 0 Å². The van der Waals surface area contributed by atoms with Gasteiger partial charge in [-0.1, -0.05) is 63.1 Å². The van der Waals surface area contributed by atoms with E-state index in [1.807, 2.05) is 11.3 Å². The van der Waals surface area contributed by atoms with Crippen LogP contribution in [0.15, 0.2) is 60.7 Å². The molecule has 0 unspecified atom stereocenters. The van der Waals surface area contributed by atoms with Gasteiger partial charge in [0.05, 0.1) is 0 Å². The fourth-order valence-corrected chi connectivity index (χ4v) is 5.50. The summed E-state index contributed by atoms with van der Waals surface area (Å²) in [6.07, 6.45) is 4.74. The molecule has 0 aliphatic carbocycles. The van der Waals surface area contributed by atoms with Gasteiger partial charge in [0.25, 0.3) is 0 Å². The van der Waals surface area contributed by atoms with Crippen molar-refractivity contribution in [1.29, 1.82) is 0 Å². The number of hydrogen-bond acceptors (Lipinski definition) is 1. The van der Waals surface area contributed by atoms with E-state index >= 15 is 0 Å². The van der Waals surface area contributed by atoms with Gasteiger partial charge in [-0.25, -0.2) is 0 Å². The highest BCUT2D eigenvalue weighted by Gasteiger charge is 2.09. The second kappa shape index (κ2) is 6.65. The molecule has 0 N–H and O–H groups in total. The van der Waals surface area contributed by atoms with E-state index in [1.165, 1.54) is 72.1 Å². The van der Waals surface area contributed by atoms with Crippen LogP contribution < -0.4 is 0 Å². The Morgan fingerprint density at radius 3 is 2.22 bits per heavy atom. The predicted molar refractivity (Wildman–Crippen MR) is 122 cm³/mol. The number of thiophene rings is 1. The summed E-state index contributed by atoms with van der Waals surface area (Å²) in [5.41, 5.74) is 1.44. The Balaban J connectivity index is 1.77. The maximum absolute atomic E-state index is 2.41. The minimum atomic E-state index is 1.15. The normalized spacial score (nSPS) is 11.9. The Hall–Kier alpha value is -2.38. The molecule has 0 saturated heterocycles. The molecule has 4 aromatic carbocycles. The zero-order chi connectivity index (χ0) is 18.4. The van der Waals surface area contributed by atoms with Crippen molar-refractivity contribution >= 4 is 53.7 Å². The fourth-order valence-electron chi connectivity index (χ4n) is 4.32. The number of benzene rings is 4. The summed E-state index contributed by atoms with van der Waals surface area (Å²) in [7, 11) is 0. The molecule has 0 atom stereocenters. The molecule has 0 bridgehead atoms. The third-order valence-electron chi connectivity index (χ3n) is 5.62. The van der Waals surface area contributed by atoms with Crippen LogP contribution in [0, 0.1) is 0 Å². The van der Waals surface area contributed by atoms with Gasteiger partial charge >= 0.3 is 0 Å². The van der Waals surface area contributed by atoms with E-state index in [0.29, 0.717) is 0 Å². The molecule has 0 saturated carbocycles. The van der Waals surface area contributed by atoms with Crippen LogP contribution in [-0.4, -0.2) is 0 Å². The van der Waals surface area contributed by atoms with E-state index in [0.717, 1.165) is 6.42 Å². The third kappa shape index (κ3) is 2.82. The van der Waals surface area contributed by atoms with Crippen molar-refractivity contribution in [2.24, 2.45) is 0 Å². The van der Waals surface area contributed by atoms with Gasteiger partial charge in [0.15, 0.2) is 0 Å². The molecular weight excluding hydrogens is 344 g/mol. The number of aryl methyl sites for hydroxylation is 2. The molecule has 0 amide bonds. The van der Waals surface area contributed by atoms with Gasteiger partial charge in [-0.2, -0.15) is 0 Å². The first-order valence-corrected chi connectivity index (χ1v) is 10.9. The summed E-state index contributed by atoms with van der Waals surface area (Å²) in [5, 5.41) is 9.59. The van der Waals surface area contributed by atoms with Crippen LogP contribution in [0.5, 0.6) is 0 Å². The molecule has 5 rings (SSSR count). The lowest BCUT2D eigenvalue weighted by Crippen LogP contribution is -1.85. The number of rotatable bonds is 4. The van der Waals surface area contributed by atoms with Crippen LogP contribution in [0.3, 0.4) is 0 Å². The zero-order valence-electron chi connectivity index (χ0n) is 16.0. The topological polar surface area (TPSA) is 0 Å². The Kier molecular flexibility index (Phi) is 4.13. The van der Waals surface area contributed by atoms with Crippen LogP contribution in [0.2, 0.25) is 0 Å². The van der Waals surface area contributed by atoms with Crippen molar-refractivity contribution < 1.29 is 0 Å². The maximum atomic E-state index is 2.41. The summed E-state index contributed by atoms with van der Waals surface area (Å²) >= 11 is 1.95. The van der Waals surface area contributed by atoms with Gasteiger partial charge in [0.1, 0.15) is 0 Å². The van der Waals surface area contributed by atoms with Crippen LogP contribution in [-0.2, 0) is 12.8 Å². The standard InChI is InChI=1S/C26H24S/c1-3-5-17-7-8-18-15-24-19(14-20(18)13-17)9-10-23-22(24)11-12-26-25(23)16-21(27-26)6-4-2/h7-16H,3-6H2,1-2H3. The van der Waals surface area contributed by atoms with Gasteiger partial charge in [0.2, 0.25) is 0 Å². The van der Waals surface area contributed by atoms with Gasteiger partial charge < -0.3 is 0 Å². The van der Waals surface area contributed by atoms with Crippen molar-refractivity contribution in [3.63, 3.8) is 0 Å². The first kappa shape index (κ1) is 16.8. The Morgan fingerprint density at radius 2 is 1.37 bits per heavy atom. The maximum Gasteiger partial charge on any atom is 0.0352 e. The summed E-state index contributed by atoms with van der Waals surface area (Å²) in [4.78, 5) is 1.50. The third-order valence-corrected chi connectivity index (χ3v) is 6.78. The first-order chi connectivity index (χ1) is 13.3. The largest absolute Gasteiger partial charge is 0.140 e. The van der Waals surface area contributed by atoms with Crippen LogP contribution in [0.4, 0.5) is 0 Å². The number of hydrogen-bond donors (Lipinski definition) is 0. The molecule has 1 heterocycles. The minimum Gasteiger partial charge on any atom is -0.140 e. The van der Waals surface area contributed by atoms with Crippen LogP contribution in [0.25, 0.3) is 42.4 Å². The Labute approximate surface area is 164 Å². The second-order valence-electron chi connectivity index (χ2n) is 7.61. The molecule has 0 fully saturated rings. The fraction of sp³-hybridized carbons (Fsp3) is 0.231. The van der Waals surface area contributed by atoms with Crippen LogP contribution >= 0.6 is 11.3 Å². The van der Waals surface area contributed by atoms with Crippen LogP contribution in [0.1, 0.15) is 37.1 Å². The highest BCUT2D eigenvalue weighted by atomic mass is 32.1. The minimum absolute atomic E-state index is 1.15. The highest BCUT2D eigenvalue weighted by Crippen LogP contribution is 2.37. The van der Waals surface area contributed by atoms with Gasteiger partial charge in [-0.3, -0.25) is 0 Å². The van der Waals surface area contributed by atoms with Crippen molar-refractivity contribution in [2.75, 3.05) is 0 Å². The van der Waals surface area contributed by atoms with Gasteiger partial charge in [-0.15, -0.1) is 11.3 Å². The lowest BCUT2D eigenvalue weighted by molar-refractivity contribution is 0.924. The van der Waals surface area contributed by atoms with E-state index in [9.17, 15) is 0 Å². The van der Waals surface area contributed by atoms with E-state index < -0.39 is 0 Å². The average molecular weight is 369 g/mol. The molecule has 0 radical (unpaired) electrons. The van der Waals surface area contributed by atoms with E-state index in [2.05, 4.69) is 74.5 Å². The van der Waals surface area contributed by atoms with Crippen molar-refractivity contribution in [3.8, 4) is 0 Å². The molecule has 5 aromatic rings. The van der Waals surface area contributed by atoms with Gasteiger partial charge in [0, 0.05) is 15.0 Å². The SMILES string of the molecule is CCCc1ccc2cc3c(ccc4c5cc(CCC)sc5ccc34)cc2c1. The number of fused-ring (bicyclic) bond motifs is 6.